The Labute approximate surface area is 192 Å². The second kappa shape index (κ2) is 10.1. The van der Waals surface area contributed by atoms with Crippen molar-refractivity contribution in [2.45, 2.75) is 37.6 Å². The highest BCUT2D eigenvalue weighted by Crippen LogP contribution is 2.36. The number of halogens is 1. The zero-order valence-electron chi connectivity index (χ0n) is 17.9. The lowest BCUT2D eigenvalue weighted by molar-refractivity contribution is -0.137. The van der Waals surface area contributed by atoms with Gasteiger partial charge >= 0.3 is 0 Å². The van der Waals surface area contributed by atoms with Crippen molar-refractivity contribution in [1.29, 1.82) is 0 Å². The number of thiophene rings is 1. The third-order valence-corrected chi connectivity index (χ3v) is 7.15. The summed E-state index contributed by atoms with van der Waals surface area (Å²) in [5, 5.41) is 5.13. The number of benzene rings is 2. The quantitative estimate of drug-likeness (QED) is 0.567. The molecule has 166 valence electrons. The molecule has 6 heteroatoms. The molecule has 2 heterocycles. The Hall–Kier alpha value is -2.99. The fourth-order valence-electron chi connectivity index (χ4n) is 4.35. The Bertz CT molecular complexity index is 1030. The molecule has 2 amide bonds. The van der Waals surface area contributed by atoms with Crippen molar-refractivity contribution in [1.82, 2.24) is 10.2 Å². The molecule has 1 aliphatic rings. The molecule has 0 spiro atoms. The fraction of sp³-hybridized carbons (Fsp3) is 0.308. The molecular weight excluding hydrogens is 423 g/mol. The van der Waals surface area contributed by atoms with E-state index in [1.165, 1.54) is 12.1 Å². The van der Waals surface area contributed by atoms with Gasteiger partial charge in [0.2, 0.25) is 11.8 Å². The normalized spacial score (nSPS) is 15.3. The van der Waals surface area contributed by atoms with Crippen molar-refractivity contribution in [2.24, 2.45) is 0 Å². The van der Waals surface area contributed by atoms with Gasteiger partial charge in [-0.05, 0) is 54.0 Å². The molecule has 0 saturated carbocycles. The Morgan fingerprint density at radius 1 is 0.969 bits per heavy atom. The van der Waals surface area contributed by atoms with Crippen LogP contribution in [0.25, 0.3) is 0 Å². The van der Waals surface area contributed by atoms with Crippen LogP contribution in [-0.2, 0) is 28.0 Å². The summed E-state index contributed by atoms with van der Waals surface area (Å²) in [7, 11) is 0. The maximum atomic E-state index is 13.4. The smallest absolute Gasteiger partial charge is 0.231 e. The molecule has 32 heavy (non-hydrogen) atoms. The highest BCUT2D eigenvalue weighted by molar-refractivity contribution is 7.09. The number of hydrogen-bond donors (Lipinski definition) is 1. The number of amides is 2. The summed E-state index contributed by atoms with van der Waals surface area (Å²) < 4.78 is 13.1. The number of nitrogens with one attached hydrogen (secondary N) is 1. The van der Waals surface area contributed by atoms with Gasteiger partial charge in [-0.25, -0.2) is 4.39 Å². The molecular formula is C26H27FN2O2S. The van der Waals surface area contributed by atoms with Gasteiger partial charge in [0, 0.05) is 24.4 Å². The summed E-state index contributed by atoms with van der Waals surface area (Å²) in [5.41, 5.74) is 1.32. The van der Waals surface area contributed by atoms with Gasteiger partial charge in [-0.1, -0.05) is 48.5 Å². The van der Waals surface area contributed by atoms with E-state index in [4.69, 9.17) is 0 Å². The van der Waals surface area contributed by atoms with E-state index >= 15 is 0 Å². The highest BCUT2D eigenvalue weighted by atomic mass is 32.1. The van der Waals surface area contributed by atoms with Crippen LogP contribution in [0.1, 0.15) is 35.3 Å². The van der Waals surface area contributed by atoms with Crippen LogP contribution < -0.4 is 5.32 Å². The van der Waals surface area contributed by atoms with Gasteiger partial charge in [0.05, 0.1) is 12.0 Å². The number of likely N-dealkylation sites (tertiary alicyclic amines) is 1. The lowest BCUT2D eigenvalue weighted by atomic mass is 9.72. The molecule has 1 N–H and O–H groups in total. The van der Waals surface area contributed by atoms with Crippen molar-refractivity contribution < 1.29 is 14.0 Å². The highest BCUT2D eigenvalue weighted by Gasteiger charge is 2.43. The molecule has 1 aromatic heterocycles. The molecule has 2 aromatic carbocycles. The van der Waals surface area contributed by atoms with Gasteiger partial charge in [0.15, 0.2) is 0 Å². The van der Waals surface area contributed by atoms with E-state index in [0.29, 0.717) is 45.3 Å². The minimum atomic E-state index is -0.633. The van der Waals surface area contributed by atoms with Crippen molar-refractivity contribution in [3.8, 4) is 0 Å². The number of piperidine rings is 1. The second-order valence-electron chi connectivity index (χ2n) is 8.22. The SMILES string of the molecule is O=C(CCc1ccc(F)cc1)N1CCC(C(=O)NCc2cccs2)(c2ccccc2)CC1. The zero-order valence-corrected chi connectivity index (χ0v) is 18.7. The third kappa shape index (κ3) is 5.07. The third-order valence-electron chi connectivity index (χ3n) is 6.27. The Morgan fingerprint density at radius 3 is 2.34 bits per heavy atom. The summed E-state index contributed by atoms with van der Waals surface area (Å²) in [6.45, 7) is 1.61. The molecule has 1 aliphatic heterocycles. The topological polar surface area (TPSA) is 49.4 Å². The van der Waals surface area contributed by atoms with Gasteiger partial charge in [0.1, 0.15) is 5.82 Å². The van der Waals surface area contributed by atoms with Gasteiger partial charge in [0.25, 0.3) is 0 Å². The summed E-state index contributed by atoms with van der Waals surface area (Å²) in [6.07, 6.45) is 2.15. The molecule has 0 bridgehead atoms. The standard InChI is InChI=1S/C26H27FN2O2S/c27-22-11-8-20(9-12-22)10-13-24(30)29-16-14-26(15-17-29,21-5-2-1-3-6-21)25(31)28-19-23-7-4-18-32-23/h1-9,11-12,18H,10,13-17,19H2,(H,28,31). The minimum absolute atomic E-state index is 0.0236. The van der Waals surface area contributed by atoms with Crippen molar-refractivity contribution in [2.75, 3.05) is 13.1 Å². The Kier molecular flexibility index (Phi) is 7.00. The van der Waals surface area contributed by atoms with E-state index in [0.717, 1.165) is 16.0 Å². The molecule has 0 unspecified atom stereocenters. The molecule has 0 atom stereocenters. The number of aryl methyl sites for hydroxylation is 1. The monoisotopic (exact) mass is 450 g/mol. The number of carbonyl (C=O) groups excluding carboxylic acids is 2. The first-order valence-corrected chi connectivity index (χ1v) is 11.8. The van der Waals surface area contributed by atoms with Crippen LogP contribution in [0.15, 0.2) is 72.1 Å². The lowest BCUT2D eigenvalue weighted by Crippen LogP contribution is -2.52. The van der Waals surface area contributed by atoms with E-state index in [2.05, 4.69) is 5.32 Å². The van der Waals surface area contributed by atoms with Crippen LogP contribution in [0.4, 0.5) is 4.39 Å². The maximum absolute atomic E-state index is 13.4. The van der Waals surface area contributed by atoms with E-state index in [-0.39, 0.29) is 17.6 Å². The predicted octanol–water partition coefficient (Wildman–Crippen LogP) is 4.70. The van der Waals surface area contributed by atoms with Crippen molar-refractivity contribution in [3.05, 3.63) is 93.9 Å². The average molecular weight is 451 g/mol. The molecule has 4 nitrogen and oxygen atoms in total. The largest absolute Gasteiger partial charge is 0.350 e. The first-order chi connectivity index (χ1) is 15.6. The van der Waals surface area contributed by atoms with Gasteiger partial charge in [-0.15, -0.1) is 11.3 Å². The van der Waals surface area contributed by atoms with Crippen LogP contribution in [0.3, 0.4) is 0 Å². The van der Waals surface area contributed by atoms with E-state index in [1.54, 1.807) is 23.5 Å². The van der Waals surface area contributed by atoms with Crippen LogP contribution in [0, 0.1) is 5.82 Å². The molecule has 1 saturated heterocycles. The molecule has 3 aromatic rings. The molecule has 1 fully saturated rings. The Morgan fingerprint density at radius 2 is 1.69 bits per heavy atom. The molecule has 0 aliphatic carbocycles. The second-order valence-corrected chi connectivity index (χ2v) is 9.25. The lowest BCUT2D eigenvalue weighted by Gasteiger charge is -2.41. The van der Waals surface area contributed by atoms with Crippen LogP contribution in [-0.4, -0.2) is 29.8 Å². The van der Waals surface area contributed by atoms with Crippen molar-refractivity contribution >= 4 is 23.2 Å². The Balaban J connectivity index is 1.40. The zero-order chi connectivity index (χ0) is 22.4. The first-order valence-electron chi connectivity index (χ1n) is 11.0. The van der Waals surface area contributed by atoms with Gasteiger partial charge in [-0.3, -0.25) is 9.59 Å². The van der Waals surface area contributed by atoms with Crippen molar-refractivity contribution in [3.63, 3.8) is 0 Å². The van der Waals surface area contributed by atoms with Crippen LogP contribution >= 0.6 is 11.3 Å². The molecule has 0 radical (unpaired) electrons. The first kappa shape index (κ1) is 22.2. The molecule has 4 rings (SSSR count). The summed E-state index contributed by atoms with van der Waals surface area (Å²) in [4.78, 5) is 29.2. The van der Waals surface area contributed by atoms with Crippen LogP contribution in [0.5, 0.6) is 0 Å². The number of hydrogen-bond acceptors (Lipinski definition) is 3. The number of rotatable bonds is 7. The van der Waals surface area contributed by atoms with E-state index in [1.807, 2.05) is 52.7 Å². The fourth-order valence-corrected chi connectivity index (χ4v) is 5.00. The van der Waals surface area contributed by atoms with E-state index in [9.17, 15) is 14.0 Å². The number of carbonyl (C=O) groups is 2. The maximum Gasteiger partial charge on any atom is 0.231 e. The summed E-state index contributed by atoms with van der Waals surface area (Å²) in [5.74, 6) is -0.170. The number of nitrogens with zero attached hydrogens (tertiary/aromatic N) is 1. The van der Waals surface area contributed by atoms with Crippen LogP contribution in [0.2, 0.25) is 0 Å². The van der Waals surface area contributed by atoms with E-state index < -0.39 is 5.41 Å². The minimum Gasteiger partial charge on any atom is -0.350 e. The van der Waals surface area contributed by atoms with Gasteiger partial charge < -0.3 is 10.2 Å². The average Bonchev–Trinajstić information content (AvgIpc) is 3.36. The van der Waals surface area contributed by atoms with Gasteiger partial charge in [-0.2, -0.15) is 0 Å². The summed E-state index contributed by atoms with van der Waals surface area (Å²) >= 11 is 1.63. The predicted molar refractivity (Wildman–Crippen MR) is 125 cm³/mol. The summed E-state index contributed by atoms with van der Waals surface area (Å²) in [6, 6.07) is 20.2.